The standard InChI is InChI=1S/C22H16N6/c23-13-16-4-6-17(7-5-16)14-25-22-21(26-20-3-1-2-11-28(20)22)18-8-9-19-24-10-12-27(19)15-18/h1-12,15,25H,14H2. The zero-order valence-corrected chi connectivity index (χ0v) is 14.9. The lowest BCUT2D eigenvalue weighted by atomic mass is 10.1. The van der Waals surface area contributed by atoms with E-state index in [1.165, 1.54) is 0 Å². The Balaban J connectivity index is 1.56. The summed E-state index contributed by atoms with van der Waals surface area (Å²) in [5, 5.41) is 12.5. The number of nitriles is 1. The first-order chi connectivity index (χ1) is 13.8. The zero-order chi connectivity index (χ0) is 18.9. The molecule has 4 heterocycles. The molecule has 0 radical (unpaired) electrons. The second kappa shape index (κ2) is 6.56. The second-order valence-electron chi connectivity index (χ2n) is 6.51. The molecule has 0 aliphatic heterocycles. The molecule has 134 valence electrons. The second-order valence-corrected chi connectivity index (χ2v) is 6.51. The minimum atomic E-state index is 0.634. The van der Waals surface area contributed by atoms with Gasteiger partial charge in [-0.05, 0) is 42.0 Å². The number of hydrogen-bond donors (Lipinski definition) is 1. The molecule has 0 saturated heterocycles. The molecule has 5 rings (SSSR count). The molecule has 0 aliphatic carbocycles. The summed E-state index contributed by atoms with van der Waals surface area (Å²) in [4.78, 5) is 9.15. The van der Waals surface area contributed by atoms with Crippen LogP contribution in [0.4, 0.5) is 5.82 Å². The molecule has 0 amide bonds. The summed E-state index contributed by atoms with van der Waals surface area (Å²) in [7, 11) is 0. The SMILES string of the molecule is N#Cc1ccc(CNc2c(-c3ccc4nccn4c3)nc3ccccn23)cc1. The summed E-state index contributed by atoms with van der Waals surface area (Å²) in [6, 6.07) is 19.7. The predicted octanol–water partition coefficient (Wildman–Crippen LogP) is 4.13. The summed E-state index contributed by atoms with van der Waals surface area (Å²) < 4.78 is 4.04. The Morgan fingerprint density at radius 3 is 2.71 bits per heavy atom. The normalized spacial score (nSPS) is 11.0. The van der Waals surface area contributed by atoms with E-state index < -0.39 is 0 Å². The Morgan fingerprint density at radius 1 is 0.964 bits per heavy atom. The number of benzene rings is 1. The van der Waals surface area contributed by atoms with Crippen LogP contribution in [0.15, 0.2) is 79.4 Å². The molecule has 28 heavy (non-hydrogen) atoms. The molecule has 0 unspecified atom stereocenters. The molecule has 0 aliphatic rings. The molecule has 0 bridgehead atoms. The van der Waals surface area contributed by atoms with Crippen molar-refractivity contribution in [3.63, 3.8) is 0 Å². The Bertz CT molecular complexity index is 1320. The highest BCUT2D eigenvalue weighted by Gasteiger charge is 2.14. The van der Waals surface area contributed by atoms with Gasteiger partial charge < -0.3 is 9.72 Å². The molecule has 0 spiro atoms. The number of imidazole rings is 2. The summed E-state index contributed by atoms with van der Waals surface area (Å²) in [6.45, 7) is 0.634. The van der Waals surface area contributed by atoms with Crippen LogP contribution in [-0.4, -0.2) is 18.8 Å². The van der Waals surface area contributed by atoms with Crippen molar-refractivity contribution >= 4 is 17.1 Å². The number of nitrogens with zero attached hydrogens (tertiary/aromatic N) is 5. The van der Waals surface area contributed by atoms with Gasteiger partial charge in [-0.3, -0.25) is 4.40 Å². The van der Waals surface area contributed by atoms with Gasteiger partial charge >= 0.3 is 0 Å². The maximum atomic E-state index is 8.97. The number of anilines is 1. The highest BCUT2D eigenvalue weighted by Crippen LogP contribution is 2.29. The number of hydrogen-bond acceptors (Lipinski definition) is 4. The van der Waals surface area contributed by atoms with Crippen molar-refractivity contribution in [2.24, 2.45) is 0 Å². The van der Waals surface area contributed by atoms with E-state index in [-0.39, 0.29) is 0 Å². The van der Waals surface area contributed by atoms with E-state index in [0.29, 0.717) is 12.1 Å². The number of rotatable bonds is 4. The average Bonchev–Trinajstić information content (AvgIpc) is 3.36. The van der Waals surface area contributed by atoms with Gasteiger partial charge in [0.05, 0.1) is 11.6 Å². The van der Waals surface area contributed by atoms with E-state index in [0.717, 1.165) is 33.9 Å². The third-order valence-electron chi connectivity index (χ3n) is 4.74. The maximum absolute atomic E-state index is 8.97. The van der Waals surface area contributed by atoms with Crippen molar-refractivity contribution in [1.82, 2.24) is 18.8 Å². The van der Waals surface area contributed by atoms with E-state index in [1.807, 2.05) is 77.6 Å². The monoisotopic (exact) mass is 364 g/mol. The predicted molar refractivity (Wildman–Crippen MR) is 108 cm³/mol. The molecule has 1 N–H and O–H groups in total. The number of pyridine rings is 2. The van der Waals surface area contributed by atoms with Crippen LogP contribution in [0.3, 0.4) is 0 Å². The summed E-state index contributed by atoms with van der Waals surface area (Å²) in [5.41, 5.74) is 5.44. The summed E-state index contributed by atoms with van der Waals surface area (Å²) >= 11 is 0. The molecular weight excluding hydrogens is 348 g/mol. The molecule has 0 atom stereocenters. The van der Waals surface area contributed by atoms with Crippen LogP contribution in [0.2, 0.25) is 0 Å². The molecule has 0 fully saturated rings. The number of nitrogens with one attached hydrogen (secondary N) is 1. The third kappa shape index (κ3) is 2.75. The van der Waals surface area contributed by atoms with Crippen LogP contribution < -0.4 is 5.32 Å². The van der Waals surface area contributed by atoms with Gasteiger partial charge in [-0.2, -0.15) is 5.26 Å². The van der Waals surface area contributed by atoms with Gasteiger partial charge in [0.15, 0.2) is 0 Å². The van der Waals surface area contributed by atoms with Crippen molar-refractivity contribution in [2.75, 3.05) is 5.32 Å². The van der Waals surface area contributed by atoms with Crippen molar-refractivity contribution in [3.8, 4) is 17.3 Å². The fourth-order valence-electron chi connectivity index (χ4n) is 3.31. The van der Waals surface area contributed by atoms with Crippen LogP contribution in [0.1, 0.15) is 11.1 Å². The molecule has 1 aromatic carbocycles. The molecular formula is C22H16N6. The lowest BCUT2D eigenvalue weighted by Gasteiger charge is -2.09. The fraction of sp³-hybridized carbons (Fsp3) is 0.0455. The van der Waals surface area contributed by atoms with Crippen molar-refractivity contribution < 1.29 is 0 Å². The van der Waals surface area contributed by atoms with Gasteiger partial charge in [-0.15, -0.1) is 0 Å². The largest absolute Gasteiger partial charge is 0.365 e. The Morgan fingerprint density at radius 2 is 1.86 bits per heavy atom. The van der Waals surface area contributed by atoms with Gasteiger partial charge in [0.25, 0.3) is 0 Å². The molecule has 5 aromatic rings. The number of aromatic nitrogens is 4. The van der Waals surface area contributed by atoms with E-state index in [2.05, 4.69) is 20.8 Å². The van der Waals surface area contributed by atoms with Crippen LogP contribution >= 0.6 is 0 Å². The first kappa shape index (κ1) is 16.1. The van der Waals surface area contributed by atoms with Crippen LogP contribution in [-0.2, 0) is 6.54 Å². The smallest absolute Gasteiger partial charge is 0.139 e. The minimum Gasteiger partial charge on any atom is -0.365 e. The third-order valence-corrected chi connectivity index (χ3v) is 4.74. The van der Waals surface area contributed by atoms with Gasteiger partial charge in [0, 0.05) is 36.9 Å². The van der Waals surface area contributed by atoms with Gasteiger partial charge in [0.1, 0.15) is 22.8 Å². The average molecular weight is 364 g/mol. The molecule has 0 saturated carbocycles. The highest BCUT2D eigenvalue weighted by molar-refractivity contribution is 5.76. The molecule has 6 nitrogen and oxygen atoms in total. The Hall–Kier alpha value is -4.11. The van der Waals surface area contributed by atoms with Gasteiger partial charge in [-0.1, -0.05) is 18.2 Å². The number of fused-ring (bicyclic) bond motifs is 2. The van der Waals surface area contributed by atoms with Crippen LogP contribution in [0.25, 0.3) is 22.6 Å². The van der Waals surface area contributed by atoms with Crippen LogP contribution in [0, 0.1) is 11.3 Å². The summed E-state index contributed by atoms with van der Waals surface area (Å²) in [6.07, 6.45) is 7.75. The summed E-state index contributed by atoms with van der Waals surface area (Å²) in [5.74, 6) is 0.930. The fourth-order valence-corrected chi connectivity index (χ4v) is 3.31. The van der Waals surface area contributed by atoms with E-state index in [4.69, 9.17) is 10.2 Å². The van der Waals surface area contributed by atoms with Crippen molar-refractivity contribution in [3.05, 3.63) is 90.5 Å². The van der Waals surface area contributed by atoms with Gasteiger partial charge in [0.2, 0.25) is 0 Å². The molecule has 4 aromatic heterocycles. The quantitative estimate of drug-likeness (QED) is 0.520. The highest BCUT2D eigenvalue weighted by atomic mass is 15.1. The van der Waals surface area contributed by atoms with E-state index in [1.54, 1.807) is 6.20 Å². The first-order valence-corrected chi connectivity index (χ1v) is 8.95. The first-order valence-electron chi connectivity index (χ1n) is 8.95. The Labute approximate surface area is 161 Å². The van der Waals surface area contributed by atoms with E-state index in [9.17, 15) is 0 Å². The lowest BCUT2D eigenvalue weighted by molar-refractivity contribution is 1.08. The lowest BCUT2D eigenvalue weighted by Crippen LogP contribution is -2.03. The van der Waals surface area contributed by atoms with Crippen LogP contribution in [0.5, 0.6) is 0 Å². The van der Waals surface area contributed by atoms with Crippen molar-refractivity contribution in [2.45, 2.75) is 6.54 Å². The minimum absolute atomic E-state index is 0.634. The van der Waals surface area contributed by atoms with Gasteiger partial charge in [-0.25, -0.2) is 9.97 Å². The zero-order valence-electron chi connectivity index (χ0n) is 14.9. The Kier molecular flexibility index (Phi) is 3.77. The van der Waals surface area contributed by atoms with E-state index >= 15 is 0 Å². The molecule has 6 heteroatoms. The van der Waals surface area contributed by atoms with Crippen molar-refractivity contribution in [1.29, 1.82) is 5.26 Å². The maximum Gasteiger partial charge on any atom is 0.139 e. The topological polar surface area (TPSA) is 70.4 Å².